The Kier molecular flexibility index (Phi) is 12.5. The van der Waals surface area contributed by atoms with Gasteiger partial charge in [0, 0.05) is 62.4 Å². The molecule has 12 nitrogen and oxygen atoms in total. The van der Waals surface area contributed by atoms with Gasteiger partial charge < -0.3 is 29.4 Å². The number of halogens is 1. The second-order valence-electron chi connectivity index (χ2n) is 14.0. The number of ether oxygens (including phenoxy) is 2. The number of pyridine rings is 2. The van der Waals surface area contributed by atoms with Crippen molar-refractivity contribution in [3.05, 3.63) is 103 Å². The zero-order chi connectivity index (χ0) is 38.1. The van der Waals surface area contributed by atoms with Crippen LogP contribution in [0.4, 0.5) is 11.5 Å². The van der Waals surface area contributed by atoms with E-state index < -0.39 is 11.2 Å². The van der Waals surface area contributed by atoms with Crippen LogP contribution in [0.2, 0.25) is 5.02 Å². The van der Waals surface area contributed by atoms with Crippen molar-refractivity contribution in [1.29, 1.82) is 0 Å². The van der Waals surface area contributed by atoms with E-state index in [4.69, 9.17) is 26.1 Å². The van der Waals surface area contributed by atoms with Crippen LogP contribution in [0.15, 0.2) is 64.3 Å². The number of aryl methyl sites for hydroxylation is 2. The third-order valence-corrected chi connectivity index (χ3v) is 11.3. The van der Waals surface area contributed by atoms with Gasteiger partial charge >= 0.3 is 22.8 Å². The molecule has 7 rings (SSSR count). The molecule has 1 amide bonds. The summed E-state index contributed by atoms with van der Waals surface area (Å²) in [5.41, 5.74) is 7.00. The number of rotatable bonds is 13. The SMILES string of the molecule is COCCN([C-]=O)CC[C-]1CCN(C2CCc3cc(-c4cccc(-c5cccc(Nc6nccc7c6c(=O)n(C)c(=O)n7C)c5C)c4Cl)nc(OC)c32)C1.[Mn+2]. The van der Waals surface area contributed by atoms with Crippen LogP contribution in [0.1, 0.15) is 42.0 Å². The van der Waals surface area contributed by atoms with E-state index in [1.54, 1.807) is 38.4 Å². The molecule has 0 saturated carbocycles. The predicted octanol–water partition coefficient (Wildman–Crippen LogP) is 5.75. The fourth-order valence-electron chi connectivity index (χ4n) is 7.90. The van der Waals surface area contributed by atoms with Crippen LogP contribution in [0, 0.1) is 12.8 Å². The summed E-state index contributed by atoms with van der Waals surface area (Å²) in [6.45, 7) is 5.55. The van der Waals surface area contributed by atoms with Crippen molar-refractivity contribution in [1.82, 2.24) is 28.9 Å². The standard InChI is InChI=1S/C41H44ClN7O5.Mn/c1-25-28(8-7-11-31(25)44-38-36-33(14-17-43-38)46(2)41(52)47(3)40(36)51)29-9-6-10-30(37(29)42)32-22-27-12-13-34(35(27)39(45-32)54-5)49-19-16-26(23-49)15-18-48(24-50)20-21-53-4;/h6-11,14,17,22,34H,12-13,15-16,18-21,23H2,1-5H3,(H,43,44);/q-2;+2. The molecule has 1 N–H and O–H groups in total. The average Bonchev–Trinajstić information content (AvgIpc) is 3.84. The summed E-state index contributed by atoms with van der Waals surface area (Å²) in [5.74, 6) is 2.42. The van der Waals surface area contributed by atoms with E-state index in [0.29, 0.717) is 47.3 Å². The van der Waals surface area contributed by atoms with Crippen molar-refractivity contribution in [3.63, 3.8) is 0 Å². The van der Waals surface area contributed by atoms with Crippen molar-refractivity contribution in [3.8, 4) is 28.3 Å². The molecule has 3 aromatic heterocycles. The molecule has 287 valence electrons. The Morgan fingerprint density at radius 3 is 2.58 bits per heavy atom. The van der Waals surface area contributed by atoms with E-state index in [-0.39, 0.29) is 23.1 Å². The largest absolute Gasteiger partial charge is 2.00 e. The molecule has 0 bridgehead atoms. The van der Waals surface area contributed by atoms with E-state index in [9.17, 15) is 14.4 Å². The molecule has 1 unspecified atom stereocenters. The monoisotopic (exact) mass is 804 g/mol. The molecule has 2 aromatic carbocycles. The topological polar surface area (TPSA) is 124 Å². The minimum absolute atomic E-state index is 0. The van der Waals surface area contributed by atoms with Gasteiger partial charge in [-0.05, 0) is 67.7 Å². The third-order valence-electron chi connectivity index (χ3n) is 10.9. The van der Waals surface area contributed by atoms with Crippen molar-refractivity contribution in [2.45, 2.75) is 38.6 Å². The molecule has 5 aromatic rings. The number of anilines is 2. The molecule has 1 fully saturated rings. The maximum atomic E-state index is 13.2. The molecule has 2 aliphatic rings. The Balaban J connectivity index is 0.00000514. The smallest absolute Gasteiger partial charge is 0.520 e. The van der Waals surface area contributed by atoms with Gasteiger partial charge in [-0.25, -0.2) is 14.8 Å². The van der Waals surface area contributed by atoms with Gasteiger partial charge in [0.25, 0.3) is 5.56 Å². The van der Waals surface area contributed by atoms with Gasteiger partial charge in [0.2, 0.25) is 5.88 Å². The van der Waals surface area contributed by atoms with Crippen LogP contribution in [0.3, 0.4) is 0 Å². The number of methoxy groups -OCH3 is 2. The fraction of sp³-hybridized carbons (Fsp3) is 0.366. The molecule has 1 atom stereocenters. The van der Waals surface area contributed by atoms with Gasteiger partial charge in [0.15, 0.2) is 0 Å². The van der Waals surface area contributed by atoms with E-state index in [1.165, 1.54) is 23.1 Å². The number of nitrogens with zero attached hydrogens (tertiary/aromatic N) is 6. The fourth-order valence-corrected chi connectivity index (χ4v) is 8.23. The Morgan fingerprint density at radius 2 is 1.82 bits per heavy atom. The molecule has 1 saturated heterocycles. The van der Waals surface area contributed by atoms with Crippen molar-refractivity contribution < 1.29 is 31.3 Å². The minimum Gasteiger partial charge on any atom is -0.520 e. The quantitative estimate of drug-likeness (QED) is 0.0902. The summed E-state index contributed by atoms with van der Waals surface area (Å²) in [7, 11) is 6.41. The van der Waals surface area contributed by atoms with E-state index in [0.717, 1.165) is 82.5 Å². The molecule has 0 spiro atoms. The first-order valence-corrected chi connectivity index (χ1v) is 18.5. The van der Waals surface area contributed by atoms with Crippen LogP contribution >= 0.6 is 11.6 Å². The third kappa shape index (κ3) is 7.68. The van der Waals surface area contributed by atoms with Crippen molar-refractivity contribution >= 4 is 40.4 Å². The summed E-state index contributed by atoms with van der Waals surface area (Å²) in [5, 5.41) is 4.26. The molecular weight excluding hydrogens is 761 g/mol. The number of benzene rings is 2. The zero-order valence-corrected chi connectivity index (χ0v) is 33.6. The van der Waals surface area contributed by atoms with Crippen LogP contribution in [0.5, 0.6) is 5.88 Å². The second-order valence-corrected chi connectivity index (χ2v) is 14.3. The Bertz CT molecular complexity index is 2350. The van der Waals surface area contributed by atoms with Crippen LogP contribution in [0.25, 0.3) is 33.3 Å². The summed E-state index contributed by atoms with van der Waals surface area (Å²) in [4.78, 5) is 50.9. The van der Waals surface area contributed by atoms with Crippen LogP contribution in [-0.4, -0.2) is 82.3 Å². The van der Waals surface area contributed by atoms with Crippen molar-refractivity contribution in [2.75, 3.05) is 52.3 Å². The Labute approximate surface area is 335 Å². The average molecular weight is 805 g/mol. The number of fused-ring (bicyclic) bond motifs is 2. The first-order valence-electron chi connectivity index (χ1n) is 18.1. The molecule has 1 aliphatic carbocycles. The van der Waals surface area contributed by atoms with Crippen molar-refractivity contribution in [2.24, 2.45) is 14.1 Å². The number of amides is 1. The number of carbonyl (C=O) groups excluding carboxylic acids is 1. The molecule has 4 heterocycles. The predicted molar refractivity (Wildman–Crippen MR) is 211 cm³/mol. The molecule has 55 heavy (non-hydrogen) atoms. The molecule has 1 aliphatic heterocycles. The first kappa shape index (κ1) is 40.2. The van der Waals surface area contributed by atoms with Gasteiger partial charge in [0.1, 0.15) is 11.2 Å². The summed E-state index contributed by atoms with van der Waals surface area (Å²) in [6.07, 6.45) is 7.37. The summed E-state index contributed by atoms with van der Waals surface area (Å²) < 4.78 is 13.6. The van der Waals surface area contributed by atoms with Gasteiger partial charge in [-0.1, -0.05) is 41.9 Å². The Hall–Kier alpha value is -4.52. The molecular formula is C41H44ClMnN7O5. The number of likely N-dealkylation sites (tertiary alicyclic amines) is 1. The van der Waals surface area contributed by atoms with Gasteiger partial charge in [0.05, 0.1) is 29.9 Å². The molecule has 1 radical (unpaired) electrons. The van der Waals surface area contributed by atoms with E-state index >= 15 is 0 Å². The normalized spacial score (nSPS) is 15.6. The molecule has 14 heteroatoms. The van der Waals surface area contributed by atoms with E-state index in [1.807, 2.05) is 49.7 Å². The summed E-state index contributed by atoms with van der Waals surface area (Å²) in [6, 6.07) is 15.9. The maximum Gasteiger partial charge on any atom is 2.00 e. The second kappa shape index (κ2) is 17.1. The van der Waals surface area contributed by atoms with Gasteiger partial charge in [-0.15, -0.1) is 6.54 Å². The number of aromatic nitrogens is 4. The number of hydrogen-bond acceptors (Lipinski definition) is 9. The van der Waals surface area contributed by atoms with Crippen LogP contribution < -0.4 is 21.3 Å². The van der Waals surface area contributed by atoms with Crippen LogP contribution in [-0.2, 0) is 47.1 Å². The minimum atomic E-state index is -0.421. The number of nitrogens with one attached hydrogen (secondary N) is 1. The van der Waals surface area contributed by atoms with Gasteiger partial charge in [-0.3, -0.25) is 19.8 Å². The maximum absolute atomic E-state index is 13.2. The first-order chi connectivity index (χ1) is 26.1. The Morgan fingerprint density at radius 1 is 1.05 bits per heavy atom. The van der Waals surface area contributed by atoms with Gasteiger partial charge in [-0.2, -0.15) is 19.3 Å². The number of hydrogen-bond donors (Lipinski definition) is 1. The van der Waals surface area contributed by atoms with E-state index in [2.05, 4.69) is 21.3 Å². The zero-order valence-electron chi connectivity index (χ0n) is 31.6. The summed E-state index contributed by atoms with van der Waals surface area (Å²) >= 11 is 7.26.